The molecule has 0 unspecified atom stereocenters. The third-order valence-corrected chi connectivity index (χ3v) is 5.31. The van der Waals surface area contributed by atoms with Crippen LogP contribution in [-0.2, 0) is 11.3 Å². The summed E-state index contributed by atoms with van der Waals surface area (Å²) in [7, 11) is 0. The number of nitrogens with zero attached hydrogens (tertiary/aromatic N) is 1. The summed E-state index contributed by atoms with van der Waals surface area (Å²) in [5, 5.41) is 2.94. The van der Waals surface area contributed by atoms with Crippen molar-refractivity contribution >= 4 is 23.4 Å². The molecule has 1 N–H and O–H groups in total. The van der Waals surface area contributed by atoms with Gasteiger partial charge in [-0.05, 0) is 36.2 Å². The van der Waals surface area contributed by atoms with Gasteiger partial charge in [0.25, 0.3) is 0 Å². The number of benzene rings is 2. The summed E-state index contributed by atoms with van der Waals surface area (Å²) in [6.07, 6.45) is 0.868. The molecule has 1 saturated heterocycles. The first-order chi connectivity index (χ1) is 13.2. The van der Waals surface area contributed by atoms with Crippen molar-refractivity contribution in [2.75, 3.05) is 36.5 Å². The molecule has 1 amide bonds. The number of hydrogen-bond donors (Lipinski definition) is 1. The maximum absolute atomic E-state index is 13.5. The quantitative estimate of drug-likeness (QED) is 0.689. The molecule has 0 saturated carbocycles. The number of anilines is 1. The minimum Gasteiger partial charge on any atom is -0.491 e. The highest BCUT2D eigenvalue weighted by molar-refractivity contribution is 7.99. The molecule has 0 atom stereocenters. The number of hydrogen-bond acceptors (Lipinski definition) is 4. The summed E-state index contributed by atoms with van der Waals surface area (Å²) in [4.78, 5) is 14.6. The number of nitrogens with one attached hydrogen (secondary N) is 1. The molecule has 0 spiro atoms. The maximum Gasteiger partial charge on any atom is 0.224 e. The number of halogens is 1. The van der Waals surface area contributed by atoms with Gasteiger partial charge >= 0.3 is 0 Å². The second-order valence-corrected chi connectivity index (χ2v) is 7.74. The van der Waals surface area contributed by atoms with Gasteiger partial charge in [0.15, 0.2) is 11.6 Å². The molecule has 0 aliphatic carbocycles. The maximum atomic E-state index is 13.5. The molecule has 1 fully saturated rings. The van der Waals surface area contributed by atoms with Crippen molar-refractivity contribution in [2.24, 2.45) is 0 Å². The van der Waals surface area contributed by atoms with Crippen LogP contribution in [0.5, 0.6) is 5.75 Å². The van der Waals surface area contributed by atoms with E-state index in [0.717, 1.165) is 25.3 Å². The van der Waals surface area contributed by atoms with Crippen LogP contribution in [0.1, 0.15) is 18.4 Å². The summed E-state index contributed by atoms with van der Waals surface area (Å²) >= 11 is 2.00. The fourth-order valence-electron chi connectivity index (χ4n) is 2.97. The molecule has 3 rings (SSSR count). The Morgan fingerprint density at radius 3 is 2.78 bits per heavy atom. The van der Waals surface area contributed by atoms with Crippen molar-refractivity contribution in [3.63, 3.8) is 0 Å². The van der Waals surface area contributed by atoms with Gasteiger partial charge in [0.2, 0.25) is 5.91 Å². The summed E-state index contributed by atoms with van der Waals surface area (Å²) in [5.41, 5.74) is 2.03. The van der Waals surface area contributed by atoms with E-state index in [0.29, 0.717) is 19.4 Å². The van der Waals surface area contributed by atoms with E-state index in [1.165, 1.54) is 23.1 Å². The SMILES string of the molecule is O=C(CCCOc1ccccc1F)Nc1cccc(CN2CCSCC2)c1. The lowest BCUT2D eigenvalue weighted by molar-refractivity contribution is -0.116. The highest BCUT2D eigenvalue weighted by Gasteiger charge is 2.11. The van der Waals surface area contributed by atoms with Gasteiger partial charge in [0.05, 0.1) is 6.61 Å². The molecule has 1 heterocycles. The summed E-state index contributed by atoms with van der Waals surface area (Å²) < 4.78 is 18.8. The van der Waals surface area contributed by atoms with E-state index in [-0.39, 0.29) is 17.5 Å². The summed E-state index contributed by atoms with van der Waals surface area (Å²) in [6, 6.07) is 14.3. The van der Waals surface area contributed by atoms with E-state index in [1.807, 2.05) is 30.0 Å². The normalized spacial score (nSPS) is 14.7. The fraction of sp³-hybridized carbons (Fsp3) is 0.381. The lowest BCUT2D eigenvalue weighted by atomic mass is 10.2. The average Bonchev–Trinajstić information content (AvgIpc) is 2.68. The first-order valence-corrected chi connectivity index (χ1v) is 10.4. The third-order valence-electron chi connectivity index (χ3n) is 4.36. The first kappa shape index (κ1) is 19.7. The van der Waals surface area contributed by atoms with Crippen molar-refractivity contribution in [3.05, 3.63) is 59.9 Å². The van der Waals surface area contributed by atoms with E-state index in [2.05, 4.69) is 16.3 Å². The fourth-order valence-corrected chi connectivity index (χ4v) is 3.94. The zero-order valence-electron chi connectivity index (χ0n) is 15.3. The number of carbonyl (C=O) groups excluding carboxylic acids is 1. The van der Waals surface area contributed by atoms with E-state index in [9.17, 15) is 9.18 Å². The Morgan fingerprint density at radius 1 is 1.15 bits per heavy atom. The standard InChI is InChI=1S/C21H25FN2O2S/c22-19-7-1-2-8-20(19)26-12-4-9-21(25)23-18-6-3-5-17(15-18)16-24-10-13-27-14-11-24/h1-3,5-8,15H,4,9-14,16H2,(H,23,25). The van der Waals surface area contributed by atoms with Crippen LogP contribution < -0.4 is 10.1 Å². The van der Waals surface area contributed by atoms with Gasteiger partial charge in [-0.25, -0.2) is 4.39 Å². The van der Waals surface area contributed by atoms with Crippen LogP contribution in [0.15, 0.2) is 48.5 Å². The topological polar surface area (TPSA) is 41.6 Å². The number of ether oxygens (including phenoxy) is 1. The third kappa shape index (κ3) is 6.56. The number of carbonyl (C=O) groups is 1. The Bertz CT molecular complexity index is 750. The van der Waals surface area contributed by atoms with Crippen LogP contribution in [-0.4, -0.2) is 42.0 Å². The highest BCUT2D eigenvalue weighted by atomic mass is 32.2. The number of para-hydroxylation sites is 1. The lowest BCUT2D eigenvalue weighted by Gasteiger charge is -2.26. The second-order valence-electron chi connectivity index (χ2n) is 6.52. The second kappa shape index (κ2) is 10.3. The van der Waals surface area contributed by atoms with Crippen molar-refractivity contribution < 1.29 is 13.9 Å². The molecule has 2 aromatic rings. The van der Waals surface area contributed by atoms with Crippen LogP contribution >= 0.6 is 11.8 Å². The van der Waals surface area contributed by atoms with Crippen LogP contribution in [0, 0.1) is 5.82 Å². The molecule has 4 nitrogen and oxygen atoms in total. The van der Waals surface area contributed by atoms with E-state index >= 15 is 0 Å². The van der Waals surface area contributed by atoms with Gasteiger partial charge in [0, 0.05) is 43.2 Å². The van der Waals surface area contributed by atoms with Gasteiger partial charge < -0.3 is 10.1 Å². The number of amides is 1. The largest absolute Gasteiger partial charge is 0.491 e. The Kier molecular flexibility index (Phi) is 7.54. The van der Waals surface area contributed by atoms with Gasteiger partial charge in [-0.15, -0.1) is 0 Å². The predicted molar refractivity (Wildman–Crippen MR) is 109 cm³/mol. The van der Waals surface area contributed by atoms with Crippen molar-refractivity contribution in [1.82, 2.24) is 4.90 Å². The van der Waals surface area contributed by atoms with Crippen molar-refractivity contribution in [3.8, 4) is 5.75 Å². The zero-order valence-corrected chi connectivity index (χ0v) is 16.1. The smallest absolute Gasteiger partial charge is 0.224 e. The minimum absolute atomic E-state index is 0.0568. The molecule has 1 aliphatic heterocycles. The first-order valence-electron chi connectivity index (χ1n) is 9.27. The molecule has 0 radical (unpaired) electrons. The van der Waals surface area contributed by atoms with E-state index < -0.39 is 0 Å². The monoisotopic (exact) mass is 388 g/mol. The lowest BCUT2D eigenvalue weighted by Crippen LogP contribution is -2.31. The Morgan fingerprint density at radius 2 is 1.96 bits per heavy atom. The molecular formula is C21H25FN2O2S. The Labute approximate surface area is 164 Å². The number of thioether (sulfide) groups is 1. The van der Waals surface area contributed by atoms with E-state index in [1.54, 1.807) is 18.2 Å². The molecule has 2 aromatic carbocycles. The van der Waals surface area contributed by atoms with Gasteiger partial charge in [0.1, 0.15) is 0 Å². The van der Waals surface area contributed by atoms with Crippen LogP contribution in [0.25, 0.3) is 0 Å². The van der Waals surface area contributed by atoms with Gasteiger partial charge in [-0.1, -0.05) is 24.3 Å². The van der Waals surface area contributed by atoms with Crippen molar-refractivity contribution in [1.29, 1.82) is 0 Å². The molecule has 0 aromatic heterocycles. The van der Waals surface area contributed by atoms with E-state index in [4.69, 9.17) is 4.74 Å². The van der Waals surface area contributed by atoms with Crippen LogP contribution in [0.3, 0.4) is 0 Å². The molecule has 0 bridgehead atoms. The summed E-state index contributed by atoms with van der Waals surface area (Å²) in [6.45, 7) is 3.45. The van der Waals surface area contributed by atoms with Crippen LogP contribution in [0.4, 0.5) is 10.1 Å². The van der Waals surface area contributed by atoms with Gasteiger partial charge in [-0.2, -0.15) is 11.8 Å². The zero-order chi connectivity index (χ0) is 18.9. The average molecular weight is 389 g/mol. The molecule has 27 heavy (non-hydrogen) atoms. The van der Waals surface area contributed by atoms with Gasteiger partial charge in [-0.3, -0.25) is 9.69 Å². The molecule has 1 aliphatic rings. The Balaban J connectivity index is 1.41. The minimum atomic E-state index is -0.383. The summed E-state index contributed by atoms with van der Waals surface area (Å²) in [5.74, 6) is 2.16. The molecule has 144 valence electrons. The highest BCUT2D eigenvalue weighted by Crippen LogP contribution is 2.17. The van der Waals surface area contributed by atoms with Crippen molar-refractivity contribution in [2.45, 2.75) is 19.4 Å². The number of rotatable bonds is 8. The Hall–Kier alpha value is -2.05. The van der Waals surface area contributed by atoms with Crippen LogP contribution in [0.2, 0.25) is 0 Å². The predicted octanol–water partition coefficient (Wildman–Crippen LogP) is 4.17. The molecule has 6 heteroatoms. The molecular weight excluding hydrogens is 363 g/mol.